The lowest BCUT2D eigenvalue weighted by molar-refractivity contribution is -0.0382. The van der Waals surface area contributed by atoms with Gasteiger partial charge in [-0.3, -0.25) is 0 Å². The number of aryl methyl sites for hydroxylation is 2. The molecule has 1 saturated heterocycles. The van der Waals surface area contributed by atoms with Gasteiger partial charge in [0.2, 0.25) is 0 Å². The van der Waals surface area contributed by atoms with E-state index in [9.17, 15) is 0 Å². The molecule has 0 spiro atoms. The zero-order valence-corrected chi connectivity index (χ0v) is 14.6. The first-order chi connectivity index (χ1) is 11.7. The highest BCUT2D eigenvalue weighted by atomic mass is 16.5. The smallest absolute Gasteiger partial charge is 0.119 e. The second kappa shape index (κ2) is 6.14. The topological polar surface area (TPSA) is 30.5 Å². The number of benzene rings is 2. The van der Waals surface area contributed by atoms with E-state index in [1.165, 1.54) is 34.4 Å². The van der Waals surface area contributed by atoms with Crippen molar-refractivity contribution in [2.75, 3.05) is 19.0 Å². The Morgan fingerprint density at radius 3 is 2.88 bits per heavy atom. The molecule has 0 amide bonds. The van der Waals surface area contributed by atoms with Gasteiger partial charge < -0.3 is 14.8 Å². The number of nitrogens with one attached hydrogen (secondary N) is 1. The standard InChI is InChI=1S/C21H25NO2/c1-13-10-14(2)19-18(11-13)21-17(8-5-9-24-21)20(22-19)15-6-4-7-16(12-15)23-3/h4,6-7,10-12,17,20-22H,5,8-9H2,1-3H3. The van der Waals surface area contributed by atoms with E-state index >= 15 is 0 Å². The molecular formula is C21H25NO2. The largest absolute Gasteiger partial charge is 0.497 e. The first kappa shape index (κ1) is 15.5. The molecule has 0 saturated carbocycles. The minimum Gasteiger partial charge on any atom is -0.497 e. The minimum absolute atomic E-state index is 0.185. The van der Waals surface area contributed by atoms with Crippen LogP contribution in [-0.4, -0.2) is 13.7 Å². The third-order valence-corrected chi connectivity index (χ3v) is 5.37. The van der Waals surface area contributed by atoms with Crippen molar-refractivity contribution in [1.29, 1.82) is 0 Å². The molecule has 3 unspecified atom stereocenters. The molecule has 2 aliphatic rings. The fraction of sp³-hybridized carbons (Fsp3) is 0.429. The highest BCUT2D eigenvalue weighted by Gasteiger charge is 2.40. The van der Waals surface area contributed by atoms with Crippen molar-refractivity contribution in [2.24, 2.45) is 5.92 Å². The lowest BCUT2D eigenvalue weighted by Crippen LogP contribution is -2.36. The molecule has 3 heteroatoms. The average molecular weight is 323 g/mol. The highest BCUT2D eigenvalue weighted by Crippen LogP contribution is 2.50. The van der Waals surface area contributed by atoms with Crippen LogP contribution in [-0.2, 0) is 4.74 Å². The van der Waals surface area contributed by atoms with Crippen molar-refractivity contribution < 1.29 is 9.47 Å². The molecule has 0 aliphatic carbocycles. The quantitative estimate of drug-likeness (QED) is 0.848. The average Bonchev–Trinajstić information content (AvgIpc) is 2.61. The van der Waals surface area contributed by atoms with Crippen LogP contribution in [0.2, 0.25) is 0 Å². The van der Waals surface area contributed by atoms with Gasteiger partial charge in [0.25, 0.3) is 0 Å². The number of methoxy groups -OCH3 is 1. The van der Waals surface area contributed by atoms with E-state index in [2.05, 4.69) is 49.5 Å². The molecule has 1 N–H and O–H groups in total. The van der Waals surface area contributed by atoms with E-state index in [1.807, 2.05) is 6.07 Å². The van der Waals surface area contributed by atoms with Crippen LogP contribution in [0.15, 0.2) is 36.4 Å². The van der Waals surface area contributed by atoms with Gasteiger partial charge in [0.1, 0.15) is 5.75 Å². The third-order valence-electron chi connectivity index (χ3n) is 5.37. The van der Waals surface area contributed by atoms with Crippen LogP contribution in [0, 0.1) is 19.8 Å². The van der Waals surface area contributed by atoms with E-state index in [4.69, 9.17) is 9.47 Å². The van der Waals surface area contributed by atoms with Gasteiger partial charge >= 0.3 is 0 Å². The lowest BCUT2D eigenvalue weighted by atomic mass is 9.76. The van der Waals surface area contributed by atoms with Gasteiger partial charge in [-0.25, -0.2) is 0 Å². The van der Waals surface area contributed by atoms with Crippen LogP contribution in [0.25, 0.3) is 0 Å². The molecule has 2 heterocycles. The Balaban J connectivity index is 1.80. The summed E-state index contributed by atoms with van der Waals surface area (Å²) in [7, 11) is 1.72. The first-order valence-electron chi connectivity index (χ1n) is 8.80. The van der Waals surface area contributed by atoms with Gasteiger partial charge in [-0.05, 0) is 49.9 Å². The summed E-state index contributed by atoms with van der Waals surface area (Å²) < 4.78 is 11.7. The van der Waals surface area contributed by atoms with Gasteiger partial charge in [-0.2, -0.15) is 0 Å². The Labute approximate surface area is 144 Å². The van der Waals surface area contributed by atoms with Gasteiger partial charge in [0.15, 0.2) is 0 Å². The van der Waals surface area contributed by atoms with Crippen molar-refractivity contribution in [1.82, 2.24) is 0 Å². The summed E-state index contributed by atoms with van der Waals surface area (Å²) in [6.07, 6.45) is 2.50. The summed E-state index contributed by atoms with van der Waals surface area (Å²) in [5, 5.41) is 3.82. The van der Waals surface area contributed by atoms with E-state index < -0.39 is 0 Å². The maximum absolute atomic E-state index is 6.26. The summed E-state index contributed by atoms with van der Waals surface area (Å²) >= 11 is 0. The lowest BCUT2D eigenvalue weighted by Gasteiger charge is -2.44. The summed E-state index contributed by atoms with van der Waals surface area (Å²) in [6, 6.07) is 13.2. The molecule has 0 aromatic heterocycles. The van der Waals surface area contributed by atoms with Crippen LogP contribution in [0.5, 0.6) is 5.75 Å². The minimum atomic E-state index is 0.185. The van der Waals surface area contributed by atoms with Crippen molar-refractivity contribution in [3.8, 4) is 5.75 Å². The number of hydrogen-bond donors (Lipinski definition) is 1. The monoisotopic (exact) mass is 323 g/mol. The number of hydrogen-bond acceptors (Lipinski definition) is 3. The molecule has 2 aromatic rings. The fourth-order valence-corrected chi connectivity index (χ4v) is 4.32. The Morgan fingerprint density at radius 1 is 1.17 bits per heavy atom. The molecule has 0 radical (unpaired) electrons. The molecule has 126 valence electrons. The van der Waals surface area contributed by atoms with E-state index in [0.29, 0.717) is 5.92 Å². The van der Waals surface area contributed by atoms with Gasteiger partial charge in [0, 0.05) is 23.8 Å². The summed E-state index contributed by atoms with van der Waals surface area (Å²) in [4.78, 5) is 0. The molecule has 4 rings (SSSR count). The molecule has 2 aliphatic heterocycles. The SMILES string of the molecule is COc1cccc(C2Nc3c(C)cc(C)cc3C3OCCCC23)c1. The molecule has 3 atom stereocenters. The van der Waals surface area contributed by atoms with E-state index in [-0.39, 0.29) is 12.1 Å². The molecule has 1 fully saturated rings. The van der Waals surface area contributed by atoms with Crippen molar-refractivity contribution in [2.45, 2.75) is 38.8 Å². The zero-order chi connectivity index (χ0) is 16.7. The Morgan fingerprint density at radius 2 is 2.04 bits per heavy atom. The summed E-state index contributed by atoms with van der Waals surface area (Å²) in [6.45, 7) is 5.21. The number of ether oxygens (including phenoxy) is 2. The normalized spacial score (nSPS) is 25.4. The highest BCUT2D eigenvalue weighted by molar-refractivity contribution is 5.63. The molecule has 0 bridgehead atoms. The van der Waals surface area contributed by atoms with Crippen LogP contribution in [0.4, 0.5) is 5.69 Å². The van der Waals surface area contributed by atoms with Crippen LogP contribution in [0.3, 0.4) is 0 Å². The Bertz CT molecular complexity index is 755. The number of rotatable bonds is 2. The van der Waals surface area contributed by atoms with Crippen LogP contribution >= 0.6 is 0 Å². The third kappa shape index (κ3) is 2.57. The van der Waals surface area contributed by atoms with Gasteiger partial charge in [-0.1, -0.05) is 29.8 Å². The Kier molecular flexibility index (Phi) is 3.97. The maximum atomic E-state index is 6.26. The van der Waals surface area contributed by atoms with E-state index in [0.717, 1.165) is 18.8 Å². The number of anilines is 1. The molecule has 3 nitrogen and oxygen atoms in total. The second-order valence-corrected chi connectivity index (χ2v) is 7.04. The second-order valence-electron chi connectivity index (χ2n) is 7.04. The fourth-order valence-electron chi connectivity index (χ4n) is 4.32. The van der Waals surface area contributed by atoms with Crippen molar-refractivity contribution >= 4 is 5.69 Å². The van der Waals surface area contributed by atoms with Crippen LogP contribution in [0.1, 0.15) is 47.2 Å². The van der Waals surface area contributed by atoms with Crippen LogP contribution < -0.4 is 10.1 Å². The van der Waals surface area contributed by atoms with E-state index in [1.54, 1.807) is 7.11 Å². The predicted molar refractivity (Wildman–Crippen MR) is 96.7 cm³/mol. The van der Waals surface area contributed by atoms with Gasteiger partial charge in [0.05, 0.1) is 19.3 Å². The Hall–Kier alpha value is -2.00. The first-order valence-corrected chi connectivity index (χ1v) is 8.80. The van der Waals surface area contributed by atoms with Gasteiger partial charge in [-0.15, -0.1) is 0 Å². The number of fused-ring (bicyclic) bond motifs is 3. The summed E-state index contributed by atoms with van der Waals surface area (Å²) in [5.41, 5.74) is 6.46. The molecular weight excluding hydrogens is 298 g/mol. The predicted octanol–water partition coefficient (Wildman–Crippen LogP) is 4.95. The van der Waals surface area contributed by atoms with Crippen molar-refractivity contribution in [3.05, 3.63) is 58.7 Å². The molecule has 24 heavy (non-hydrogen) atoms. The van der Waals surface area contributed by atoms with Crippen molar-refractivity contribution in [3.63, 3.8) is 0 Å². The summed E-state index contributed by atoms with van der Waals surface area (Å²) in [5.74, 6) is 1.37. The zero-order valence-electron chi connectivity index (χ0n) is 14.6. The maximum Gasteiger partial charge on any atom is 0.119 e. The molecule has 2 aromatic carbocycles.